The lowest BCUT2D eigenvalue weighted by Gasteiger charge is -2.67. The van der Waals surface area contributed by atoms with E-state index in [1.165, 1.54) is 10.9 Å². The molecule has 1 unspecified atom stereocenters. The molecule has 1 aromatic heterocycles. The van der Waals surface area contributed by atoms with E-state index in [-0.39, 0.29) is 11.7 Å². The summed E-state index contributed by atoms with van der Waals surface area (Å²) in [7, 11) is 0. The predicted octanol–water partition coefficient (Wildman–Crippen LogP) is 5.45. The van der Waals surface area contributed by atoms with Gasteiger partial charge in [0.1, 0.15) is 17.3 Å². The summed E-state index contributed by atoms with van der Waals surface area (Å²) in [5, 5.41) is 14.7. The van der Waals surface area contributed by atoms with E-state index >= 15 is 0 Å². The molecule has 228 valence electrons. The van der Waals surface area contributed by atoms with Gasteiger partial charge in [0.25, 0.3) is 0 Å². The molecule has 44 heavy (non-hydrogen) atoms. The molecule has 2 N–H and O–H groups in total. The van der Waals surface area contributed by atoms with E-state index in [9.17, 15) is 14.7 Å². The van der Waals surface area contributed by atoms with Crippen LogP contribution in [0.5, 0.6) is 0 Å². The van der Waals surface area contributed by atoms with E-state index in [1.807, 2.05) is 44.2 Å². The van der Waals surface area contributed by atoms with E-state index in [0.717, 1.165) is 28.8 Å². The van der Waals surface area contributed by atoms with Crippen LogP contribution < -0.4 is 0 Å². The second-order valence-electron chi connectivity index (χ2n) is 14.9. The molecule has 1 amide bonds. The maximum atomic E-state index is 13.9. The van der Waals surface area contributed by atoms with Crippen molar-refractivity contribution in [3.05, 3.63) is 82.6 Å². The number of aliphatic hydroxyl groups is 1. The molecule has 3 aromatic rings. The van der Waals surface area contributed by atoms with Gasteiger partial charge in [-0.15, -0.1) is 0 Å². The van der Waals surface area contributed by atoms with Crippen LogP contribution >= 0.6 is 0 Å². The fraction of sp³-hybridized carbons (Fsp3) is 0.500. The molecule has 8 nitrogen and oxygen atoms in total. The van der Waals surface area contributed by atoms with E-state index in [1.54, 1.807) is 11.0 Å². The number of nitrogens with zero attached hydrogens (tertiary/aromatic N) is 1. The van der Waals surface area contributed by atoms with Crippen LogP contribution in [-0.2, 0) is 43.9 Å². The fourth-order valence-electron chi connectivity index (χ4n) is 10.2. The number of rotatable bonds is 1. The molecule has 6 aliphatic rings. The number of hydrogen-bond donors (Lipinski definition) is 2. The van der Waals surface area contributed by atoms with Crippen LogP contribution in [0, 0.1) is 11.3 Å². The Hall–Kier alpha value is -3.46. The minimum atomic E-state index is -1.72. The number of para-hydroxylation sites is 1. The number of H-pyrrole nitrogens is 1. The first kappa shape index (κ1) is 26.9. The van der Waals surface area contributed by atoms with Crippen molar-refractivity contribution in [2.75, 3.05) is 0 Å². The average Bonchev–Trinajstić information content (AvgIpc) is 3.72. The normalized spacial score (nSPS) is 39.3. The van der Waals surface area contributed by atoms with Gasteiger partial charge in [-0.3, -0.25) is 9.69 Å². The number of aromatic amines is 1. The molecule has 2 aromatic carbocycles. The Labute approximate surface area is 256 Å². The highest BCUT2D eigenvalue weighted by molar-refractivity contribution is 5.97. The summed E-state index contributed by atoms with van der Waals surface area (Å²) in [4.78, 5) is 33.0. The third kappa shape index (κ3) is 3.00. The van der Waals surface area contributed by atoms with Gasteiger partial charge in [0.2, 0.25) is 0 Å². The number of fused-ring (bicyclic) bond motifs is 10. The largest absolute Gasteiger partial charge is 0.443 e. The highest BCUT2D eigenvalue weighted by atomic mass is 16.8. The zero-order valence-electron chi connectivity index (χ0n) is 25.6. The summed E-state index contributed by atoms with van der Waals surface area (Å²) in [6.45, 7) is 9.04. The first-order chi connectivity index (χ1) is 20.9. The fourth-order valence-corrected chi connectivity index (χ4v) is 10.2. The minimum absolute atomic E-state index is 0.107. The molecule has 3 aliphatic carbocycles. The number of ether oxygens (including phenoxy) is 3. The Balaban J connectivity index is 1.19. The second-order valence-corrected chi connectivity index (χ2v) is 14.9. The monoisotopic (exact) mass is 594 g/mol. The number of carbonyl (C=O) groups excluding carboxylic acids is 2. The van der Waals surface area contributed by atoms with Crippen LogP contribution in [0.3, 0.4) is 0 Å². The van der Waals surface area contributed by atoms with Gasteiger partial charge in [-0.1, -0.05) is 56.3 Å². The summed E-state index contributed by atoms with van der Waals surface area (Å²) in [5.74, 6) is -1.37. The van der Waals surface area contributed by atoms with Crippen molar-refractivity contribution in [3.63, 3.8) is 0 Å². The zero-order valence-corrected chi connectivity index (χ0v) is 25.6. The van der Waals surface area contributed by atoms with Crippen LogP contribution in [-0.4, -0.2) is 56.1 Å². The highest BCUT2D eigenvalue weighted by Crippen LogP contribution is 2.72. The van der Waals surface area contributed by atoms with Crippen LogP contribution in [0.2, 0.25) is 0 Å². The molecule has 1 saturated heterocycles. The van der Waals surface area contributed by atoms with Gasteiger partial charge in [-0.05, 0) is 67.9 Å². The van der Waals surface area contributed by atoms with Gasteiger partial charge < -0.3 is 24.3 Å². The molecule has 3 aliphatic heterocycles. The van der Waals surface area contributed by atoms with E-state index in [4.69, 9.17) is 14.2 Å². The Kier molecular flexibility index (Phi) is 5.02. The van der Waals surface area contributed by atoms with Crippen molar-refractivity contribution in [2.45, 2.75) is 101 Å². The second kappa shape index (κ2) is 8.22. The van der Waals surface area contributed by atoms with Crippen molar-refractivity contribution in [1.29, 1.82) is 0 Å². The van der Waals surface area contributed by atoms with Crippen LogP contribution in [0.1, 0.15) is 69.3 Å². The number of aromatic nitrogens is 1. The summed E-state index contributed by atoms with van der Waals surface area (Å²) in [6.07, 6.45) is 1.77. The van der Waals surface area contributed by atoms with Crippen LogP contribution in [0.25, 0.3) is 10.9 Å². The lowest BCUT2D eigenvalue weighted by Crippen LogP contribution is -2.75. The van der Waals surface area contributed by atoms with Crippen molar-refractivity contribution in [1.82, 2.24) is 9.88 Å². The average molecular weight is 595 g/mol. The van der Waals surface area contributed by atoms with Crippen molar-refractivity contribution in [3.8, 4) is 0 Å². The standard InChI is InChI=1S/C36H38N2O6/c1-32(2)30-26(39)17-27-35(43-30,44-32)14-13-33(3)34(4)22(15-24-23-11-7-8-12-25(23)37-29(24)34)16-28(36(27,33)41)42-31(40)38-18-20-9-5-6-10-21(20)19-38/h5-12,17,22,28,30,37,41H,13-16,18-19H2,1-4H3/t22-,28+,30+,33-,34-,35?,36+/m1/s1. The summed E-state index contributed by atoms with van der Waals surface area (Å²) in [6, 6.07) is 16.4. The van der Waals surface area contributed by atoms with E-state index < -0.39 is 46.1 Å². The van der Waals surface area contributed by atoms with E-state index in [2.05, 4.69) is 37.0 Å². The maximum Gasteiger partial charge on any atom is 0.410 e. The number of benzene rings is 2. The van der Waals surface area contributed by atoms with Crippen LogP contribution in [0.15, 0.2) is 60.2 Å². The lowest BCUT2D eigenvalue weighted by molar-refractivity contribution is -0.274. The third-order valence-electron chi connectivity index (χ3n) is 12.6. The van der Waals surface area contributed by atoms with Gasteiger partial charge in [-0.2, -0.15) is 0 Å². The maximum absolute atomic E-state index is 13.9. The Morgan fingerprint density at radius 3 is 2.48 bits per heavy atom. The topological polar surface area (TPSA) is 101 Å². The van der Waals surface area contributed by atoms with Gasteiger partial charge in [-0.25, -0.2) is 4.79 Å². The molecule has 2 saturated carbocycles. The molecule has 9 rings (SSSR count). The van der Waals surface area contributed by atoms with E-state index in [0.29, 0.717) is 37.9 Å². The molecule has 4 heterocycles. The SMILES string of the molecule is CC1(C)OC23CC[C@]4(C)[C@@]5(C)c6[nH]c7ccccc7c6C[C@@H]5C[C@H](OC(=O)N5Cc6ccccc6C5)[C@@]4(O)C2=CC(=O)[C@@H]1O3. The van der Waals surface area contributed by atoms with Crippen molar-refractivity contribution in [2.24, 2.45) is 11.3 Å². The number of nitrogens with one attached hydrogen (secondary N) is 1. The molecule has 3 fully saturated rings. The third-order valence-corrected chi connectivity index (χ3v) is 12.6. The number of hydrogen-bond acceptors (Lipinski definition) is 6. The minimum Gasteiger partial charge on any atom is -0.443 e. The quantitative estimate of drug-likeness (QED) is 0.389. The Morgan fingerprint density at radius 2 is 1.73 bits per heavy atom. The van der Waals surface area contributed by atoms with Crippen molar-refractivity contribution >= 4 is 22.8 Å². The smallest absolute Gasteiger partial charge is 0.410 e. The summed E-state index contributed by atoms with van der Waals surface area (Å²) < 4.78 is 19.6. The molecule has 0 radical (unpaired) electrons. The molecule has 2 bridgehead atoms. The Bertz CT molecular complexity index is 1800. The highest BCUT2D eigenvalue weighted by Gasteiger charge is 2.78. The van der Waals surface area contributed by atoms with Gasteiger partial charge >= 0.3 is 6.09 Å². The Morgan fingerprint density at radius 1 is 1.02 bits per heavy atom. The number of ketones is 1. The number of carbonyl (C=O) groups is 2. The molecule has 8 heteroatoms. The van der Waals surface area contributed by atoms with Crippen molar-refractivity contribution < 1.29 is 28.9 Å². The zero-order chi connectivity index (χ0) is 30.4. The summed E-state index contributed by atoms with van der Waals surface area (Å²) >= 11 is 0. The first-order valence-electron chi connectivity index (χ1n) is 15.9. The molecular weight excluding hydrogens is 556 g/mol. The number of amides is 1. The molecular formula is C36H38N2O6. The van der Waals surface area contributed by atoms with Gasteiger partial charge in [0, 0.05) is 52.5 Å². The van der Waals surface area contributed by atoms with Crippen LogP contribution in [0.4, 0.5) is 4.79 Å². The predicted molar refractivity (Wildman–Crippen MR) is 162 cm³/mol. The van der Waals surface area contributed by atoms with Gasteiger partial charge in [0.15, 0.2) is 17.7 Å². The molecule has 7 atom stereocenters. The lowest BCUT2D eigenvalue weighted by atomic mass is 9.41. The first-order valence-corrected chi connectivity index (χ1v) is 15.9. The summed E-state index contributed by atoms with van der Waals surface area (Å²) in [5.41, 5.74) is 2.18. The van der Waals surface area contributed by atoms with Gasteiger partial charge in [0.05, 0.1) is 0 Å². The molecule has 1 spiro atoms.